The van der Waals surface area contributed by atoms with Gasteiger partial charge in [0.25, 0.3) is 5.91 Å². The number of nitrogens with zero attached hydrogens (tertiary/aromatic N) is 1. The lowest BCUT2D eigenvalue weighted by Gasteiger charge is -2.06. The highest BCUT2D eigenvalue weighted by Gasteiger charge is 2.12. The molecule has 0 aliphatic carbocycles. The molecule has 1 aromatic heterocycles. The quantitative estimate of drug-likeness (QED) is 0.434. The lowest BCUT2D eigenvalue weighted by atomic mass is 10.2. The molecule has 0 saturated heterocycles. The first-order valence-electron chi connectivity index (χ1n) is 9.43. The Morgan fingerprint density at radius 2 is 1.73 bits per heavy atom. The zero-order valence-corrected chi connectivity index (χ0v) is 16.9. The summed E-state index contributed by atoms with van der Waals surface area (Å²) in [5.41, 5.74) is 3.06. The van der Waals surface area contributed by atoms with E-state index in [0.717, 1.165) is 21.9 Å². The maximum Gasteiger partial charge on any atom is 0.271 e. The summed E-state index contributed by atoms with van der Waals surface area (Å²) in [5.74, 6) is 0.158. The summed E-state index contributed by atoms with van der Waals surface area (Å²) in [4.78, 5) is 16.8. The highest BCUT2D eigenvalue weighted by atomic mass is 32.1. The summed E-state index contributed by atoms with van der Waals surface area (Å²) < 4.78 is 19.0. The molecule has 0 saturated carbocycles. The van der Waals surface area contributed by atoms with E-state index < -0.39 is 0 Å². The Morgan fingerprint density at radius 3 is 2.50 bits per heavy atom. The molecule has 6 heteroatoms. The van der Waals surface area contributed by atoms with Gasteiger partial charge in [-0.3, -0.25) is 4.79 Å². The van der Waals surface area contributed by atoms with E-state index >= 15 is 0 Å². The number of carbonyl (C=O) groups excluding carboxylic acids is 1. The van der Waals surface area contributed by atoms with Crippen LogP contribution in [0.4, 0.5) is 4.39 Å². The summed E-state index contributed by atoms with van der Waals surface area (Å²) in [6.45, 7) is 0.754. The van der Waals surface area contributed by atoms with Crippen LogP contribution in [-0.2, 0) is 13.2 Å². The van der Waals surface area contributed by atoms with Crippen molar-refractivity contribution >= 4 is 17.2 Å². The van der Waals surface area contributed by atoms with E-state index in [9.17, 15) is 9.18 Å². The molecule has 0 unspecified atom stereocenters. The first kappa shape index (κ1) is 19.8. The van der Waals surface area contributed by atoms with Crippen molar-refractivity contribution in [3.8, 4) is 16.3 Å². The molecule has 0 aliphatic rings. The molecule has 0 spiro atoms. The first-order chi connectivity index (χ1) is 14.7. The third-order valence-corrected chi connectivity index (χ3v) is 5.32. The number of amides is 1. The zero-order chi connectivity index (χ0) is 20.8. The number of ether oxygens (including phenoxy) is 1. The molecule has 0 fully saturated rings. The minimum absolute atomic E-state index is 0.247. The van der Waals surface area contributed by atoms with E-state index in [1.807, 2.05) is 54.6 Å². The largest absolute Gasteiger partial charge is 0.489 e. The number of hydrogen-bond donors (Lipinski definition) is 1. The molecule has 1 N–H and O–H groups in total. The van der Waals surface area contributed by atoms with Gasteiger partial charge in [0, 0.05) is 17.5 Å². The van der Waals surface area contributed by atoms with Crippen LogP contribution in [0.1, 0.15) is 21.6 Å². The van der Waals surface area contributed by atoms with Crippen LogP contribution in [0.2, 0.25) is 0 Å². The van der Waals surface area contributed by atoms with Gasteiger partial charge in [0.2, 0.25) is 0 Å². The van der Waals surface area contributed by atoms with Crippen LogP contribution >= 0.6 is 11.3 Å². The number of carbonyl (C=O) groups is 1. The maximum absolute atomic E-state index is 13.2. The Bertz CT molecular complexity index is 1130. The van der Waals surface area contributed by atoms with Crippen molar-refractivity contribution in [3.63, 3.8) is 0 Å². The summed E-state index contributed by atoms with van der Waals surface area (Å²) in [7, 11) is 0. The van der Waals surface area contributed by atoms with E-state index in [-0.39, 0.29) is 18.3 Å². The Kier molecular flexibility index (Phi) is 6.15. The summed E-state index contributed by atoms with van der Waals surface area (Å²) in [5, 5.41) is 5.24. The minimum atomic E-state index is -0.325. The van der Waals surface area contributed by atoms with Crippen molar-refractivity contribution in [2.45, 2.75) is 13.2 Å². The number of thiazole rings is 1. The van der Waals surface area contributed by atoms with Gasteiger partial charge in [0.1, 0.15) is 28.9 Å². The van der Waals surface area contributed by atoms with Gasteiger partial charge in [0.05, 0.1) is 0 Å². The monoisotopic (exact) mass is 418 g/mol. The highest BCUT2D eigenvalue weighted by Crippen LogP contribution is 2.26. The Labute approximate surface area is 178 Å². The molecule has 0 aliphatic heterocycles. The topological polar surface area (TPSA) is 51.2 Å². The maximum atomic E-state index is 13.2. The van der Waals surface area contributed by atoms with E-state index in [0.29, 0.717) is 17.9 Å². The number of halogens is 1. The van der Waals surface area contributed by atoms with Crippen LogP contribution in [0.25, 0.3) is 10.6 Å². The number of aromatic nitrogens is 1. The van der Waals surface area contributed by atoms with Crippen molar-refractivity contribution in [2.24, 2.45) is 0 Å². The standard InChI is InChI=1S/C24H19FN2O2S/c25-20-8-4-7-18(13-20)14-26-23(28)22-16-30-24(27-22)19-9-11-21(12-10-19)29-15-17-5-2-1-3-6-17/h1-13,16H,14-15H2,(H,26,28). The molecule has 0 atom stereocenters. The van der Waals surface area contributed by atoms with Gasteiger partial charge in [-0.15, -0.1) is 11.3 Å². The summed E-state index contributed by atoms with van der Waals surface area (Å²) >= 11 is 1.40. The second-order valence-electron chi connectivity index (χ2n) is 6.65. The first-order valence-corrected chi connectivity index (χ1v) is 10.3. The number of benzene rings is 3. The molecule has 1 amide bonds. The fraction of sp³-hybridized carbons (Fsp3) is 0.0833. The van der Waals surface area contributed by atoms with Gasteiger partial charge < -0.3 is 10.1 Å². The van der Waals surface area contributed by atoms with E-state index in [1.54, 1.807) is 17.5 Å². The summed E-state index contributed by atoms with van der Waals surface area (Å²) in [6, 6.07) is 23.8. The van der Waals surface area contributed by atoms with Crippen molar-refractivity contribution in [2.75, 3.05) is 0 Å². The average molecular weight is 418 g/mol. The number of hydrogen-bond acceptors (Lipinski definition) is 4. The molecule has 0 bridgehead atoms. The number of rotatable bonds is 7. The molecule has 0 radical (unpaired) electrons. The molecule has 30 heavy (non-hydrogen) atoms. The van der Waals surface area contributed by atoms with Crippen LogP contribution in [0.5, 0.6) is 5.75 Å². The number of nitrogens with one attached hydrogen (secondary N) is 1. The second-order valence-corrected chi connectivity index (χ2v) is 7.51. The molecule has 4 aromatic rings. The van der Waals surface area contributed by atoms with Gasteiger partial charge in [-0.2, -0.15) is 0 Å². The smallest absolute Gasteiger partial charge is 0.271 e. The van der Waals surface area contributed by atoms with Crippen LogP contribution in [0, 0.1) is 5.82 Å². The Morgan fingerprint density at radius 1 is 0.967 bits per heavy atom. The second kappa shape index (κ2) is 9.33. The fourth-order valence-electron chi connectivity index (χ4n) is 2.87. The Hall–Kier alpha value is -3.51. The van der Waals surface area contributed by atoms with E-state index in [2.05, 4.69) is 10.3 Å². The predicted molar refractivity (Wildman–Crippen MR) is 116 cm³/mol. The van der Waals surface area contributed by atoms with E-state index in [4.69, 9.17) is 4.74 Å². The van der Waals surface area contributed by atoms with Gasteiger partial charge in [-0.25, -0.2) is 9.37 Å². The lowest BCUT2D eigenvalue weighted by molar-refractivity contribution is 0.0946. The predicted octanol–water partition coefficient (Wildman–Crippen LogP) is 5.46. The summed E-state index contributed by atoms with van der Waals surface area (Å²) in [6.07, 6.45) is 0. The van der Waals surface area contributed by atoms with Crippen LogP contribution in [-0.4, -0.2) is 10.9 Å². The molecule has 4 rings (SSSR count). The zero-order valence-electron chi connectivity index (χ0n) is 16.0. The molecule has 150 valence electrons. The van der Waals surface area contributed by atoms with Crippen LogP contribution in [0.3, 0.4) is 0 Å². The average Bonchev–Trinajstić information content (AvgIpc) is 3.28. The third-order valence-electron chi connectivity index (χ3n) is 4.43. The van der Waals surface area contributed by atoms with Gasteiger partial charge >= 0.3 is 0 Å². The van der Waals surface area contributed by atoms with E-state index in [1.165, 1.54) is 23.5 Å². The lowest BCUT2D eigenvalue weighted by Crippen LogP contribution is -2.23. The van der Waals surface area contributed by atoms with Gasteiger partial charge in [-0.05, 0) is 47.5 Å². The van der Waals surface area contributed by atoms with Crippen molar-refractivity contribution in [1.29, 1.82) is 0 Å². The van der Waals surface area contributed by atoms with Gasteiger partial charge in [0.15, 0.2) is 0 Å². The van der Waals surface area contributed by atoms with Crippen molar-refractivity contribution in [1.82, 2.24) is 10.3 Å². The fourth-order valence-corrected chi connectivity index (χ4v) is 3.67. The van der Waals surface area contributed by atoms with Gasteiger partial charge in [-0.1, -0.05) is 42.5 Å². The normalized spacial score (nSPS) is 10.6. The van der Waals surface area contributed by atoms with Crippen molar-refractivity contribution < 1.29 is 13.9 Å². The highest BCUT2D eigenvalue weighted by molar-refractivity contribution is 7.13. The molecule has 3 aromatic carbocycles. The molecular weight excluding hydrogens is 399 g/mol. The minimum Gasteiger partial charge on any atom is -0.489 e. The molecule has 1 heterocycles. The molecule has 4 nitrogen and oxygen atoms in total. The Balaban J connectivity index is 1.35. The third kappa shape index (κ3) is 5.10. The van der Waals surface area contributed by atoms with Crippen LogP contribution in [0.15, 0.2) is 84.2 Å². The van der Waals surface area contributed by atoms with Crippen LogP contribution < -0.4 is 10.1 Å². The van der Waals surface area contributed by atoms with Crippen molar-refractivity contribution in [3.05, 3.63) is 107 Å². The SMILES string of the molecule is O=C(NCc1cccc(F)c1)c1csc(-c2ccc(OCc3ccccc3)cc2)n1. The molecular formula is C24H19FN2O2S.